The summed E-state index contributed by atoms with van der Waals surface area (Å²) in [6, 6.07) is 10.9. The summed E-state index contributed by atoms with van der Waals surface area (Å²) in [6.45, 7) is 9.16. The maximum Gasteiger partial charge on any atom is 0.317 e. The molecule has 1 N–H and O–H groups in total. The Morgan fingerprint density at radius 3 is 2.51 bits per heavy atom. The molecular formula is C28H45N5O2. The van der Waals surface area contributed by atoms with E-state index in [-0.39, 0.29) is 17.9 Å². The Balaban J connectivity index is 1.56. The highest BCUT2D eigenvalue weighted by atomic mass is 16.2. The largest absolute Gasteiger partial charge is 0.383 e. The Morgan fingerprint density at radius 1 is 1.11 bits per heavy atom. The molecule has 0 radical (unpaired) electrons. The second-order valence-corrected chi connectivity index (χ2v) is 10.5. The molecule has 1 aliphatic heterocycles. The Bertz CT molecular complexity index is 856. The van der Waals surface area contributed by atoms with Gasteiger partial charge in [-0.05, 0) is 51.3 Å². The third kappa shape index (κ3) is 7.80. The number of hydrogen-bond acceptors (Lipinski definition) is 5. The van der Waals surface area contributed by atoms with Crippen LogP contribution in [0.5, 0.6) is 0 Å². The van der Waals surface area contributed by atoms with E-state index < -0.39 is 0 Å². The van der Waals surface area contributed by atoms with Gasteiger partial charge in [0.1, 0.15) is 0 Å². The van der Waals surface area contributed by atoms with Crippen molar-refractivity contribution in [2.24, 2.45) is 5.92 Å². The van der Waals surface area contributed by atoms with Gasteiger partial charge in [-0.1, -0.05) is 37.3 Å². The van der Waals surface area contributed by atoms with E-state index in [0.717, 1.165) is 51.0 Å². The summed E-state index contributed by atoms with van der Waals surface area (Å²) in [5.74, 6) is 0.569. The summed E-state index contributed by atoms with van der Waals surface area (Å²) in [7, 11) is 6.05. The van der Waals surface area contributed by atoms with Gasteiger partial charge in [-0.3, -0.25) is 9.69 Å². The fraction of sp³-hybridized carbons (Fsp3) is 0.643. The zero-order valence-electron chi connectivity index (χ0n) is 22.4. The number of benzene rings is 1. The average Bonchev–Trinajstić information content (AvgIpc) is 2.81. The third-order valence-electron chi connectivity index (χ3n) is 7.26. The molecule has 0 unspecified atom stereocenters. The van der Waals surface area contributed by atoms with Gasteiger partial charge in [0.15, 0.2) is 5.78 Å². The molecule has 0 spiro atoms. The van der Waals surface area contributed by atoms with Crippen molar-refractivity contribution in [3.8, 4) is 0 Å². The van der Waals surface area contributed by atoms with Crippen LogP contribution in [0.15, 0.2) is 42.1 Å². The molecule has 1 aliphatic carbocycles. The molecule has 1 saturated carbocycles. The minimum absolute atomic E-state index is 0.0100. The maximum absolute atomic E-state index is 13.2. The van der Waals surface area contributed by atoms with Gasteiger partial charge in [0.2, 0.25) is 0 Å². The molecule has 3 atom stereocenters. The third-order valence-corrected chi connectivity index (χ3v) is 7.26. The lowest BCUT2D eigenvalue weighted by molar-refractivity contribution is -0.119. The smallest absolute Gasteiger partial charge is 0.317 e. The molecule has 35 heavy (non-hydrogen) atoms. The van der Waals surface area contributed by atoms with E-state index in [1.165, 1.54) is 5.56 Å². The van der Waals surface area contributed by atoms with E-state index in [4.69, 9.17) is 0 Å². The zero-order valence-corrected chi connectivity index (χ0v) is 22.4. The molecule has 7 nitrogen and oxygen atoms in total. The van der Waals surface area contributed by atoms with Crippen molar-refractivity contribution in [1.82, 2.24) is 24.9 Å². The van der Waals surface area contributed by atoms with E-state index in [9.17, 15) is 9.59 Å². The highest BCUT2D eigenvalue weighted by molar-refractivity contribution is 5.96. The van der Waals surface area contributed by atoms with Crippen molar-refractivity contribution in [2.75, 3.05) is 53.9 Å². The van der Waals surface area contributed by atoms with Crippen LogP contribution >= 0.6 is 0 Å². The van der Waals surface area contributed by atoms with E-state index in [2.05, 4.69) is 53.4 Å². The first-order chi connectivity index (χ1) is 16.8. The fourth-order valence-electron chi connectivity index (χ4n) is 5.56. The van der Waals surface area contributed by atoms with Crippen LogP contribution in [0.2, 0.25) is 0 Å². The number of nitrogens with one attached hydrogen (secondary N) is 1. The molecule has 2 fully saturated rings. The summed E-state index contributed by atoms with van der Waals surface area (Å²) in [4.78, 5) is 34.6. The number of nitrogens with zero attached hydrogens (tertiary/aromatic N) is 4. The number of hydrogen-bond donors (Lipinski definition) is 1. The molecule has 1 saturated heterocycles. The lowest BCUT2D eigenvalue weighted by atomic mass is 9.74. The topological polar surface area (TPSA) is 59.1 Å². The molecule has 3 rings (SSSR count). The van der Waals surface area contributed by atoms with E-state index in [1.54, 1.807) is 0 Å². The van der Waals surface area contributed by atoms with Gasteiger partial charge >= 0.3 is 6.03 Å². The van der Waals surface area contributed by atoms with Gasteiger partial charge in [0.05, 0.1) is 0 Å². The SMILES string of the molecule is CCCN1C[C@@H](NC(=O)N(CC)CCN(C)Cc2ccccc2)C[C@@H]2CC(=O)C(=CN(C)C)C[C@H]21. The van der Waals surface area contributed by atoms with Crippen molar-refractivity contribution in [2.45, 2.75) is 58.2 Å². The van der Waals surface area contributed by atoms with Crippen molar-refractivity contribution < 1.29 is 9.59 Å². The normalized spacial score (nSPS) is 23.9. The summed E-state index contributed by atoms with van der Waals surface area (Å²) in [5.41, 5.74) is 2.22. The first kappa shape index (κ1) is 27.2. The van der Waals surface area contributed by atoms with Crippen LogP contribution < -0.4 is 5.32 Å². The summed E-state index contributed by atoms with van der Waals surface area (Å²) >= 11 is 0. The number of carbonyl (C=O) groups excluding carboxylic acids is 2. The molecule has 1 aromatic rings. The van der Waals surface area contributed by atoms with Crippen molar-refractivity contribution in [3.05, 3.63) is 47.7 Å². The number of likely N-dealkylation sites (N-methyl/N-ethyl adjacent to an activating group) is 2. The predicted octanol–water partition coefficient (Wildman–Crippen LogP) is 3.43. The van der Waals surface area contributed by atoms with Crippen LogP contribution in [0.25, 0.3) is 0 Å². The van der Waals surface area contributed by atoms with E-state index in [0.29, 0.717) is 31.5 Å². The zero-order chi connectivity index (χ0) is 25.4. The molecule has 7 heteroatoms. The molecular weight excluding hydrogens is 438 g/mol. The van der Waals surface area contributed by atoms with Crippen LogP contribution in [0.4, 0.5) is 4.79 Å². The molecule has 2 amide bonds. The number of carbonyl (C=O) groups is 2. The fourth-order valence-corrected chi connectivity index (χ4v) is 5.56. The van der Waals surface area contributed by atoms with Crippen LogP contribution in [0.1, 0.15) is 45.1 Å². The monoisotopic (exact) mass is 483 g/mol. The minimum atomic E-state index is 0.0100. The molecule has 2 aliphatic rings. The summed E-state index contributed by atoms with van der Waals surface area (Å²) in [5, 5.41) is 3.32. The van der Waals surface area contributed by atoms with Gasteiger partial charge in [-0.15, -0.1) is 0 Å². The first-order valence-corrected chi connectivity index (χ1v) is 13.2. The standard InChI is InChI=1S/C28H45N5O2/c1-6-13-33-21-25(16-23-18-27(34)24(17-26(23)33)20-30(3)4)29-28(35)32(7-2)15-14-31(5)19-22-11-9-8-10-12-22/h8-12,20,23,25-26H,6-7,13-19,21H2,1-5H3,(H,29,35)/t23-,25+,26-/m1/s1. The number of urea groups is 1. The Kier molecular flexibility index (Phi) is 10.2. The second kappa shape index (κ2) is 13.1. The Morgan fingerprint density at radius 2 is 1.86 bits per heavy atom. The van der Waals surface area contributed by atoms with Gasteiger partial charge < -0.3 is 20.0 Å². The number of Topliss-reactive ketones (excluding diaryl/α,β-unsaturated/α-hetero) is 1. The number of likely N-dealkylation sites (tertiary alicyclic amines) is 1. The Labute approximate surface area is 212 Å². The van der Waals surface area contributed by atoms with E-state index >= 15 is 0 Å². The second-order valence-electron chi connectivity index (χ2n) is 10.5. The number of fused-ring (bicyclic) bond motifs is 1. The number of piperidine rings is 1. The van der Waals surface area contributed by atoms with Crippen molar-refractivity contribution in [3.63, 3.8) is 0 Å². The number of rotatable bonds is 10. The molecule has 1 heterocycles. The van der Waals surface area contributed by atoms with Gasteiger partial charge in [0.25, 0.3) is 0 Å². The van der Waals surface area contributed by atoms with Gasteiger partial charge in [-0.25, -0.2) is 4.79 Å². The van der Waals surface area contributed by atoms with E-state index in [1.807, 2.05) is 43.1 Å². The molecule has 0 bridgehead atoms. The minimum Gasteiger partial charge on any atom is -0.383 e. The van der Waals surface area contributed by atoms with Crippen LogP contribution in [0, 0.1) is 5.92 Å². The first-order valence-electron chi connectivity index (χ1n) is 13.2. The van der Waals surface area contributed by atoms with Crippen LogP contribution in [-0.2, 0) is 11.3 Å². The lowest BCUT2D eigenvalue weighted by Gasteiger charge is -2.47. The molecule has 1 aromatic carbocycles. The lowest BCUT2D eigenvalue weighted by Crippen LogP contribution is -2.59. The Hall–Kier alpha value is -2.38. The van der Waals surface area contributed by atoms with Gasteiger partial charge in [-0.2, -0.15) is 0 Å². The summed E-state index contributed by atoms with van der Waals surface area (Å²) in [6.07, 6.45) is 5.34. The quantitative estimate of drug-likeness (QED) is 0.517. The van der Waals surface area contributed by atoms with Crippen molar-refractivity contribution >= 4 is 11.8 Å². The summed E-state index contributed by atoms with van der Waals surface area (Å²) < 4.78 is 0. The highest BCUT2D eigenvalue weighted by Crippen LogP contribution is 2.36. The van der Waals surface area contributed by atoms with Gasteiger partial charge in [0, 0.05) is 77.1 Å². The van der Waals surface area contributed by atoms with Crippen molar-refractivity contribution in [1.29, 1.82) is 0 Å². The van der Waals surface area contributed by atoms with Crippen LogP contribution in [-0.4, -0.2) is 97.4 Å². The highest BCUT2D eigenvalue weighted by Gasteiger charge is 2.41. The predicted molar refractivity (Wildman–Crippen MR) is 142 cm³/mol. The molecule has 194 valence electrons. The van der Waals surface area contributed by atoms with Crippen LogP contribution in [0.3, 0.4) is 0 Å². The number of amides is 2. The number of ketones is 1. The maximum atomic E-state index is 13.2. The average molecular weight is 484 g/mol. The molecule has 0 aromatic heterocycles.